The number of carbonyl (C=O) groups excluding carboxylic acids is 2. The Morgan fingerprint density at radius 1 is 1.14 bits per heavy atom. The van der Waals surface area contributed by atoms with E-state index in [1.54, 1.807) is 6.92 Å². The van der Waals surface area contributed by atoms with Gasteiger partial charge in [0.2, 0.25) is 15.1 Å². The number of carbonyl (C=O) groups is 2. The molecule has 0 radical (unpaired) electrons. The molecule has 4 rings (SSSR count). The number of hydrogen-bond acceptors (Lipinski definition) is 7. The summed E-state index contributed by atoms with van der Waals surface area (Å²) in [6.45, 7) is 2.78. The lowest BCUT2D eigenvalue weighted by molar-refractivity contribution is 0.0933. The van der Waals surface area contributed by atoms with Crippen LogP contribution in [0.5, 0.6) is 0 Å². The van der Waals surface area contributed by atoms with Crippen LogP contribution < -0.4 is 10.1 Å². The fraction of sp³-hybridized carbons (Fsp3) is 0.304. The average Bonchev–Trinajstić information content (AvgIpc) is 3.18. The van der Waals surface area contributed by atoms with Gasteiger partial charge in [-0.25, -0.2) is 13.2 Å². The summed E-state index contributed by atoms with van der Waals surface area (Å²) in [5, 5.41) is 2.58. The fourth-order valence-electron chi connectivity index (χ4n) is 3.75. The normalized spacial score (nSPS) is 15.1. The third-order valence-corrected chi connectivity index (χ3v) is 9.40. The number of ether oxygens (including phenoxy) is 1. The quantitative estimate of drug-likeness (QED) is 0.446. The summed E-state index contributed by atoms with van der Waals surface area (Å²) in [4.78, 5) is 31.1. The number of halogens is 1. The largest absolute Gasteiger partial charge is 0.450 e. The monoisotopic (exact) mass is 625 g/mol. The molecule has 0 saturated carbocycles. The van der Waals surface area contributed by atoms with Crippen molar-refractivity contribution < 1.29 is 22.7 Å². The van der Waals surface area contributed by atoms with E-state index >= 15 is 0 Å². The first-order chi connectivity index (χ1) is 17.6. The first kappa shape index (κ1) is 27.4. The van der Waals surface area contributed by atoms with Crippen LogP contribution in [-0.4, -0.2) is 72.1 Å². The van der Waals surface area contributed by atoms with Crippen LogP contribution in [0.15, 0.2) is 56.8 Å². The second-order valence-electron chi connectivity index (χ2n) is 8.04. The van der Waals surface area contributed by atoms with E-state index in [2.05, 4.69) is 26.2 Å². The molecule has 1 fully saturated rings. The van der Waals surface area contributed by atoms with E-state index in [0.29, 0.717) is 4.80 Å². The molecule has 0 unspecified atom stereocenters. The first-order valence-electron chi connectivity index (χ1n) is 11.3. The van der Waals surface area contributed by atoms with Crippen LogP contribution in [0.3, 0.4) is 0 Å². The summed E-state index contributed by atoms with van der Waals surface area (Å²) < 4.78 is 36.2. The molecule has 0 bridgehead atoms. The van der Waals surface area contributed by atoms with E-state index in [1.807, 2.05) is 29.8 Å². The van der Waals surface area contributed by atoms with Crippen molar-refractivity contribution in [3.05, 3.63) is 57.3 Å². The van der Waals surface area contributed by atoms with Gasteiger partial charge in [-0.05, 0) is 61.6 Å². The Labute approximate surface area is 231 Å². The van der Waals surface area contributed by atoms with Gasteiger partial charge in [0.1, 0.15) is 0 Å². The van der Waals surface area contributed by atoms with Crippen molar-refractivity contribution in [3.63, 3.8) is 0 Å². The van der Waals surface area contributed by atoms with E-state index in [-0.39, 0.29) is 48.4 Å². The molecule has 37 heavy (non-hydrogen) atoms. The fourth-order valence-corrected chi connectivity index (χ4v) is 6.99. The molecule has 3 aromatic rings. The Morgan fingerprint density at radius 3 is 2.46 bits per heavy atom. The van der Waals surface area contributed by atoms with Crippen molar-refractivity contribution in [1.82, 2.24) is 19.1 Å². The van der Waals surface area contributed by atoms with Crippen LogP contribution in [-0.2, 0) is 21.8 Å². The van der Waals surface area contributed by atoms with Gasteiger partial charge in [0, 0.05) is 43.3 Å². The molecule has 10 nitrogen and oxygen atoms in total. The van der Waals surface area contributed by atoms with E-state index in [4.69, 9.17) is 17.0 Å². The molecule has 0 aliphatic carbocycles. The average molecular weight is 627 g/mol. The third kappa shape index (κ3) is 6.09. The lowest BCUT2D eigenvalue weighted by atomic mass is 10.2. The van der Waals surface area contributed by atoms with Crippen molar-refractivity contribution in [2.24, 2.45) is 12.0 Å². The molecule has 0 atom stereocenters. The van der Waals surface area contributed by atoms with Crippen molar-refractivity contribution in [2.75, 3.05) is 32.8 Å². The Balaban J connectivity index is 1.41. The number of hydrogen-bond donors (Lipinski definition) is 1. The molecular weight excluding hydrogens is 602 g/mol. The minimum Gasteiger partial charge on any atom is -0.450 e. The number of nitrogens with one attached hydrogen (secondary N) is 1. The zero-order valence-corrected chi connectivity index (χ0v) is 24.0. The number of benzene rings is 2. The molecule has 1 aromatic heterocycles. The van der Waals surface area contributed by atoms with Gasteiger partial charge >= 0.3 is 6.09 Å². The van der Waals surface area contributed by atoms with Crippen LogP contribution >= 0.6 is 39.5 Å². The summed E-state index contributed by atoms with van der Waals surface area (Å²) in [5.41, 5.74) is 1.23. The smallest absolute Gasteiger partial charge is 0.409 e. The van der Waals surface area contributed by atoms with Gasteiger partial charge in [0.25, 0.3) is 5.91 Å². The van der Waals surface area contributed by atoms with Crippen LogP contribution in [0.4, 0.5) is 4.79 Å². The predicted octanol–water partition coefficient (Wildman–Crippen LogP) is 3.08. The van der Waals surface area contributed by atoms with E-state index < -0.39 is 22.0 Å². The molecule has 2 heterocycles. The number of aryl methyl sites for hydroxylation is 1. The van der Waals surface area contributed by atoms with Crippen molar-refractivity contribution in [3.8, 4) is 0 Å². The molecule has 2 amide bonds. The Hall–Kier alpha value is -2.65. The van der Waals surface area contributed by atoms with Crippen LogP contribution in [0.25, 0.3) is 10.2 Å². The highest BCUT2D eigenvalue weighted by Gasteiger charge is 2.30. The van der Waals surface area contributed by atoms with Gasteiger partial charge in [-0.3, -0.25) is 10.1 Å². The molecule has 1 saturated heterocycles. The van der Waals surface area contributed by atoms with Gasteiger partial charge in [-0.1, -0.05) is 27.3 Å². The standard InChI is InChI=1S/C23H24BrN5O5S3/c1-3-34-23(31)28-10-12-29(13-11-28)37(32,33)17-7-4-15(5-8-17)20(30)25-21(35)26-22-27(2)18-9-6-16(24)14-19(18)36-22/h4-9,14H,3,10-13H2,1-2H3,(H,25,30,35). The number of thiocarbonyl (C=S) groups is 1. The van der Waals surface area contributed by atoms with Crippen molar-refractivity contribution in [1.29, 1.82) is 0 Å². The number of amides is 2. The van der Waals surface area contributed by atoms with E-state index in [9.17, 15) is 18.0 Å². The number of thiazole rings is 1. The number of nitrogens with zero attached hydrogens (tertiary/aromatic N) is 4. The number of aromatic nitrogens is 1. The molecule has 1 N–H and O–H groups in total. The highest BCUT2D eigenvalue weighted by atomic mass is 79.9. The van der Waals surface area contributed by atoms with Crippen LogP contribution in [0.1, 0.15) is 17.3 Å². The maximum atomic E-state index is 13.0. The summed E-state index contributed by atoms with van der Waals surface area (Å²) in [6, 6.07) is 11.5. The number of piperazine rings is 1. The molecule has 14 heteroatoms. The van der Waals surface area contributed by atoms with E-state index in [0.717, 1.165) is 14.7 Å². The van der Waals surface area contributed by atoms with Crippen LogP contribution in [0.2, 0.25) is 0 Å². The molecule has 0 spiro atoms. The minimum atomic E-state index is -3.78. The highest BCUT2D eigenvalue weighted by Crippen LogP contribution is 2.22. The molecule has 1 aliphatic heterocycles. The number of rotatable bonds is 4. The molecular formula is C23H24BrN5O5S3. The third-order valence-electron chi connectivity index (χ3n) is 5.71. The van der Waals surface area contributed by atoms with Crippen molar-refractivity contribution >= 4 is 76.8 Å². The number of sulfonamides is 1. The van der Waals surface area contributed by atoms with Crippen molar-refractivity contribution in [2.45, 2.75) is 11.8 Å². The SMILES string of the molecule is CCOC(=O)N1CCN(S(=O)(=O)c2ccc(C(=O)NC(=S)N=c3sc4cc(Br)ccc4n3C)cc2)CC1. The Bertz CT molecular complexity index is 1520. The summed E-state index contributed by atoms with van der Waals surface area (Å²) >= 11 is 10.2. The summed E-state index contributed by atoms with van der Waals surface area (Å²) in [6.07, 6.45) is -0.450. The zero-order valence-electron chi connectivity index (χ0n) is 20.0. The molecule has 2 aromatic carbocycles. The predicted molar refractivity (Wildman–Crippen MR) is 148 cm³/mol. The van der Waals surface area contributed by atoms with E-state index in [1.165, 1.54) is 44.8 Å². The van der Waals surface area contributed by atoms with Gasteiger partial charge in [0.15, 0.2) is 4.80 Å². The summed E-state index contributed by atoms with van der Waals surface area (Å²) in [7, 11) is -1.91. The summed E-state index contributed by atoms with van der Waals surface area (Å²) in [5.74, 6) is -0.493. The highest BCUT2D eigenvalue weighted by molar-refractivity contribution is 9.10. The lowest BCUT2D eigenvalue weighted by Crippen LogP contribution is -2.50. The zero-order chi connectivity index (χ0) is 26.7. The first-order valence-corrected chi connectivity index (χ1v) is 14.7. The minimum absolute atomic E-state index is 0.00221. The topological polar surface area (TPSA) is 113 Å². The second kappa shape index (κ2) is 11.4. The molecule has 1 aliphatic rings. The maximum absolute atomic E-state index is 13.0. The van der Waals surface area contributed by atoms with Gasteiger partial charge in [0.05, 0.1) is 21.7 Å². The Morgan fingerprint density at radius 2 is 1.81 bits per heavy atom. The van der Waals surface area contributed by atoms with Gasteiger partial charge < -0.3 is 14.2 Å². The Kier molecular flexibility index (Phi) is 8.43. The maximum Gasteiger partial charge on any atom is 0.409 e. The second-order valence-corrected chi connectivity index (χ2v) is 12.3. The number of fused-ring (bicyclic) bond motifs is 1. The van der Waals surface area contributed by atoms with Gasteiger partial charge in [-0.15, -0.1) is 0 Å². The van der Waals surface area contributed by atoms with Gasteiger partial charge in [-0.2, -0.15) is 9.30 Å². The molecule has 196 valence electrons. The lowest BCUT2D eigenvalue weighted by Gasteiger charge is -2.33. The van der Waals surface area contributed by atoms with Crippen LogP contribution in [0, 0.1) is 0 Å².